The molecule has 0 unspecified atom stereocenters. The summed E-state index contributed by atoms with van der Waals surface area (Å²) >= 11 is 5.63. The number of carbonyl (C=O) groups excluding carboxylic acids is 1. The van der Waals surface area contributed by atoms with Crippen LogP contribution >= 0.6 is 11.6 Å². The predicted octanol–water partition coefficient (Wildman–Crippen LogP) is 2.25. The van der Waals surface area contributed by atoms with Crippen LogP contribution in [-0.4, -0.2) is 15.9 Å². The molecule has 0 spiro atoms. The van der Waals surface area contributed by atoms with Crippen molar-refractivity contribution in [2.24, 2.45) is 0 Å². The zero-order valence-electron chi connectivity index (χ0n) is 9.09. The highest BCUT2D eigenvalue weighted by atomic mass is 35.5. The molecule has 0 aliphatic heterocycles. The molecule has 0 saturated carbocycles. The monoisotopic (exact) mass is 258 g/mol. The van der Waals surface area contributed by atoms with Crippen LogP contribution in [0.5, 0.6) is 0 Å². The molecule has 2 aromatic rings. The first kappa shape index (κ1) is 12.0. The first-order chi connectivity index (χ1) is 8.69. The smallest absolute Gasteiger partial charge is 0.274 e. The van der Waals surface area contributed by atoms with Crippen LogP contribution in [0.1, 0.15) is 16.1 Å². The van der Waals surface area contributed by atoms with Crippen LogP contribution in [0.3, 0.4) is 0 Å². The Hall–Kier alpha value is -2.45. The number of hydrogen-bond donors (Lipinski definition) is 1. The number of rotatable bonds is 2. The van der Waals surface area contributed by atoms with Gasteiger partial charge in [-0.25, -0.2) is 9.97 Å². The van der Waals surface area contributed by atoms with Gasteiger partial charge in [0.2, 0.25) is 0 Å². The van der Waals surface area contributed by atoms with Crippen LogP contribution in [0.15, 0.2) is 36.7 Å². The molecule has 1 N–H and O–H groups in total. The first-order valence-electron chi connectivity index (χ1n) is 4.98. The lowest BCUT2D eigenvalue weighted by atomic mass is 10.2. The van der Waals surface area contributed by atoms with Crippen LogP contribution in [0.4, 0.5) is 5.69 Å². The molecule has 6 heteroatoms. The average molecular weight is 259 g/mol. The average Bonchev–Trinajstić information content (AvgIpc) is 2.41. The minimum absolute atomic E-state index is 0.226. The van der Waals surface area contributed by atoms with Gasteiger partial charge in [0.15, 0.2) is 0 Å². The van der Waals surface area contributed by atoms with Gasteiger partial charge in [-0.05, 0) is 24.3 Å². The Morgan fingerprint density at radius 2 is 2.06 bits per heavy atom. The van der Waals surface area contributed by atoms with Crippen molar-refractivity contribution in [3.63, 3.8) is 0 Å². The molecular formula is C12H7ClN4O. The number of pyridine rings is 2. The normalized spacial score (nSPS) is 9.56. The van der Waals surface area contributed by atoms with Crippen molar-refractivity contribution >= 4 is 23.2 Å². The third-order valence-corrected chi connectivity index (χ3v) is 2.33. The van der Waals surface area contributed by atoms with Crippen LogP contribution < -0.4 is 5.32 Å². The highest BCUT2D eigenvalue weighted by molar-refractivity contribution is 6.29. The van der Waals surface area contributed by atoms with Gasteiger partial charge in [0, 0.05) is 6.20 Å². The van der Waals surface area contributed by atoms with Crippen LogP contribution in [0.2, 0.25) is 5.15 Å². The molecule has 0 radical (unpaired) electrons. The van der Waals surface area contributed by atoms with Gasteiger partial charge in [-0.2, -0.15) is 5.26 Å². The van der Waals surface area contributed by atoms with E-state index in [1.165, 1.54) is 24.5 Å². The standard InChI is InChI=1S/C12H7ClN4O/c13-11-4-2-9(7-16-11)17-12(18)10-3-1-8(5-14)6-15-10/h1-4,6-7H,(H,17,18). The molecular weight excluding hydrogens is 252 g/mol. The molecule has 0 saturated heterocycles. The highest BCUT2D eigenvalue weighted by Crippen LogP contribution is 2.10. The third kappa shape index (κ3) is 2.81. The number of nitriles is 1. The summed E-state index contributed by atoms with van der Waals surface area (Å²) in [5.41, 5.74) is 1.15. The summed E-state index contributed by atoms with van der Waals surface area (Å²) in [6.07, 6.45) is 2.79. The largest absolute Gasteiger partial charge is 0.319 e. The van der Waals surface area contributed by atoms with Gasteiger partial charge < -0.3 is 5.32 Å². The molecule has 0 bridgehead atoms. The number of nitrogens with one attached hydrogen (secondary N) is 1. The van der Waals surface area contributed by atoms with Gasteiger partial charge in [-0.1, -0.05) is 11.6 Å². The number of carbonyl (C=O) groups is 1. The number of aromatic nitrogens is 2. The number of amides is 1. The lowest BCUT2D eigenvalue weighted by molar-refractivity contribution is 0.102. The number of anilines is 1. The van der Waals surface area contributed by atoms with E-state index in [4.69, 9.17) is 16.9 Å². The lowest BCUT2D eigenvalue weighted by Gasteiger charge is -2.03. The zero-order valence-corrected chi connectivity index (χ0v) is 9.85. The number of halogens is 1. The van der Waals surface area contributed by atoms with Crippen LogP contribution in [0, 0.1) is 11.3 Å². The lowest BCUT2D eigenvalue weighted by Crippen LogP contribution is -2.13. The third-order valence-electron chi connectivity index (χ3n) is 2.11. The van der Waals surface area contributed by atoms with E-state index in [0.717, 1.165) is 0 Å². The number of hydrogen-bond acceptors (Lipinski definition) is 4. The van der Waals surface area contributed by atoms with E-state index < -0.39 is 0 Å². The molecule has 0 atom stereocenters. The quantitative estimate of drug-likeness (QED) is 0.838. The summed E-state index contributed by atoms with van der Waals surface area (Å²) in [4.78, 5) is 19.5. The Labute approximate surface area is 108 Å². The summed E-state index contributed by atoms with van der Waals surface area (Å²) in [5, 5.41) is 11.6. The second-order valence-corrected chi connectivity index (χ2v) is 3.75. The molecule has 0 aromatic carbocycles. The topological polar surface area (TPSA) is 78.7 Å². The van der Waals surface area contributed by atoms with Crippen molar-refractivity contribution in [2.75, 3.05) is 5.32 Å². The Kier molecular flexibility index (Phi) is 3.51. The Balaban J connectivity index is 2.12. The highest BCUT2D eigenvalue weighted by Gasteiger charge is 2.07. The molecule has 5 nitrogen and oxygen atoms in total. The van der Waals surface area contributed by atoms with Crippen molar-refractivity contribution in [1.29, 1.82) is 5.26 Å². The van der Waals surface area contributed by atoms with E-state index in [-0.39, 0.29) is 11.6 Å². The Bertz CT molecular complexity index is 601. The van der Waals surface area contributed by atoms with Gasteiger partial charge in [0.1, 0.15) is 16.9 Å². The van der Waals surface area contributed by atoms with Gasteiger partial charge in [-0.3, -0.25) is 4.79 Å². The molecule has 0 aliphatic carbocycles. The van der Waals surface area contributed by atoms with E-state index in [1.807, 2.05) is 6.07 Å². The SMILES string of the molecule is N#Cc1ccc(C(=O)Nc2ccc(Cl)nc2)nc1. The molecule has 18 heavy (non-hydrogen) atoms. The molecule has 2 heterocycles. The summed E-state index contributed by atoms with van der Waals surface area (Å²) in [6.45, 7) is 0. The van der Waals surface area contributed by atoms with Crippen molar-refractivity contribution in [2.45, 2.75) is 0 Å². The minimum Gasteiger partial charge on any atom is -0.319 e. The summed E-state index contributed by atoms with van der Waals surface area (Å²) < 4.78 is 0. The summed E-state index contributed by atoms with van der Waals surface area (Å²) in [7, 11) is 0. The molecule has 0 fully saturated rings. The fourth-order valence-corrected chi connectivity index (χ4v) is 1.35. The minimum atomic E-state index is -0.372. The van der Waals surface area contributed by atoms with Crippen molar-refractivity contribution in [1.82, 2.24) is 9.97 Å². The van der Waals surface area contributed by atoms with Gasteiger partial charge >= 0.3 is 0 Å². The Morgan fingerprint density at radius 1 is 1.22 bits per heavy atom. The predicted molar refractivity (Wildman–Crippen MR) is 66.2 cm³/mol. The fourth-order valence-electron chi connectivity index (χ4n) is 1.24. The zero-order chi connectivity index (χ0) is 13.0. The van der Waals surface area contributed by atoms with Crippen LogP contribution in [-0.2, 0) is 0 Å². The van der Waals surface area contributed by atoms with E-state index in [1.54, 1.807) is 12.1 Å². The molecule has 88 valence electrons. The van der Waals surface area contributed by atoms with E-state index in [9.17, 15) is 4.79 Å². The maximum Gasteiger partial charge on any atom is 0.274 e. The van der Waals surface area contributed by atoms with E-state index >= 15 is 0 Å². The maximum absolute atomic E-state index is 11.8. The van der Waals surface area contributed by atoms with E-state index in [0.29, 0.717) is 16.4 Å². The van der Waals surface area contributed by atoms with E-state index in [2.05, 4.69) is 15.3 Å². The number of nitrogens with zero attached hydrogens (tertiary/aromatic N) is 3. The van der Waals surface area contributed by atoms with Crippen molar-refractivity contribution < 1.29 is 4.79 Å². The van der Waals surface area contributed by atoms with Crippen molar-refractivity contribution in [3.8, 4) is 6.07 Å². The summed E-state index contributed by atoms with van der Waals surface area (Å²) in [5.74, 6) is -0.372. The van der Waals surface area contributed by atoms with Gasteiger partial charge in [-0.15, -0.1) is 0 Å². The fraction of sp³-hybridized carbons (Fsp3) is 0. The Morgan fingerprint density at radius 3 is 2.61 bits per heavy atom. The maximum atomic E-state index is 11.8. The first-order valence-corrected chi connectivity index (χ1v) is 5.36. The van der Waals surface area contributed by atoms with Gasteiger partial charge in [0.05, 0.1) is 17.4 Å². The molecule has 2 rings (SSSR count). The summed E-state index contributed by atoms with van der Waals surface area (Å²) in [6, 6.07) is 8.15. The van der Waals surface area contributed by atoms with Crippen molar-refractivity contribution in [3.05, 3.63) is 53.1 Å². The van der Waals surface area contributed by atoms with Gasteiger partial charge in [0.25, 0.3) is 5.91 Å². The molecule has 1 amide bonds. The molecule has 2 aromatic heterocycles. The second kappa shape index (κ2) is 5.25. The molecule has 0 aliphatic rings. The van der Waals surface area contributed by atoms with Crippen LogP contribution in [0.25, 0.3) is 0 Å². The second-order valence-electron chi connectivity index (χ2n) is 3.37.